The van der Waals surface area contributed by atoms with Crippen molar-refractivity contribution in [3.63, 3.8) is 0 Å². The minimum Gasteiger partial charge on any atom is -0.339 e. The second-order valence-corrected chi connectivity index (χ2v) is 9.37. The van der Waals surface area contributed by atoms with Gasteiger partial charge in [0.2, 0.25) is 11.9 Å². The number of hydrogen-bond acceptors (Lipinski definition) is 6. The molecule has 186 valence electrons. The summed E-state index contributed by atoms with van der Waals surface area (Å²) in [5.74, 6) is -3.76. The van der Waals surface area contributed by atoms with Gasteiger partial charge in [0.25, 0.3) is 0 Å². The molecule has 0 radical (unpaired) electrons. The summed E-state index contributed by atoms with van der Waals surface area (Å²) < 4.78 is 42.0. The summed E-state index contributed by atoms with van der Waals surface area (Å²) in [5.41, 5.74) is 0.945. The second kappa shape index (κ2) is 8.21. The Kier molecular flexibility index (Phi) is 5.09. The van der Waals surface area contributed by atoms with Gasteiger partial charge in [0.05, 0.1) is 30.7 Å². The number of nitrogens with one attached hydrogen (secondary N) is 1. The summed E-state index contributed by atoms with van der Waals surface area (Å²) in [7, 11) is 0. The van der Waals surface area contributed by atoms with Crippen LogP contribution in [0.15, 0.2) is 36.8 Å². The van der Waals surface area contributed by atoms with Crippen LogP contribution in [0.1, 0.15) is 12.1 Å². The van der Waals surface area contributed by atoms with E-state index < -0.39 is 23.5 Å². The third kappa shape index (κ3) is 3.71. The lowest BCUT2D eigenvalue weighted by Gasteiger charge is -2.47. The van der Waals surface area contributed by atoms with Crippen LogP contribution in [-0.2, 0) is 17.9 Å². The largest absolute Gasteiger partial charge is 0.339 e. The van der Waals surface area contributed by atoms with Gasteiger partial charge in [-0.2, -0.15) is 5.10 Å². The molecule has 13 heteroatoms. The van der Waals surface area contributed by atoms with Gasteiger partial charge < -0.3 is 20.0 Å². The fourth-order valence-electron chi connectivity index (χ4n) is 5.15. The maximum atomic E-state index is 13.5. The van der Waals surface area contributed by atoms with Gasteiger partial charge in [-0.15, -0.1) is 0 Å². The van der Waals surface area contributed by atoms with Crippen LogP contribution in [0.2, 0.25) is 0 Å². The molecule has 2 saturated heterocycles. The van der Waals surface area contributed by atoms with Crippen LogP contribution in [0.4, 0.5) is 35.3 Å². The third-order valence-corrected chi connectivity index (χ3v) is 6.87. The maximum Gasteiger partial charge on any atom is 0.322 e. The quantitative estimate of drug-likeness (QED) is 0.557. The summed E-state index contributed by atoms with van der Waals surface area (Å²) in [6, 6.07) is 2.60. The lowest BCUT2D eigenvalue weighted by atomic mass is 9.79. The molecular formula is C23H21F3N8O2. The molecule has 0 aliphatic carbocycles. The Balaban J connectivity index is 1.15. The zero-order valence-electron chi connectivity index (χ0n) is 19.0. The monoisotopic (exact) mass is 498 g/mol. The van der Waals surface area contributed by atoms with Crippen molar-refractivity contribution >= 4 is 29.3 Å². The zero-order chi connectivity index (χ0) is 25.0. The Bertz CT molecular complexity index is 1340. The van der Waals surface area contributed by atoms with Crippen LogP contribution in [0.3, 0.4) is 0 Å². The Morgan fingerprint density at radius 2 is 1.75 bits per heavy atom. The van der Waals surface area contributed by atoms with Crippen LogP contribution in [-0.4, -0.2) is 62.8 Å². The molecule has 0 saturated carbocycles. The van der Waals surface area contributed by atoms with Gasteiger partial charge in [-0.05, 0) is 6.07 Å². The Morgan fingerprint density at radius 1 is 1.03 bits per heavy atom. The molecule has 0 atom stereocenters. The summed E-state index contributed by atoms with van der Waals surface area (Å²) in [5, 5.41) is 6.80. The molecule has 10 nitrogen and oxygen atoms in total. The van der Waals surface area contributed by atoms with Gasteiger partial charge in [0.15, 0.2) is 17.5 Å². The number of anilines is 3. The SMILES string of the molecule is O=C(Nc1cc(F)c(F)c(F)c1)N1CCn2ncc(N3CC4(CC3=O)CN(c3ncccn3)C4)c2C1. The maximum absolute atomic E-state index is 13.5. The van der Waals surface area contributed by atoms with Gasteiger partial charge in [-0.25, -0.2) is 27.9 Å². The first-order chi connectivity index (χ1) is 17.3. The fourth-order valence-corrected chi connectivity index (χ4v) is 5.15. The molecule has 3 aliphatic rings. The van der Waals surface area contributed by atoms with Crippen LogP contribution < -0.4 is 15.1 Å². The average molecular weight is 498 g/mol. The summed E-state index contributed by atoms with van der Waals surface area (Å²) in [6.07, 6.45) is 5.40. The van der Waals surface area contributed by atoms with Gasteiger partial charge in [0, 0.05) is 68.2 Å². The molecule has 2 aromatic heterocycles. The van der Waals surface area contributed by atoms with Crippen molar-refractivity contribution < 1.29 is 22.8 Å². The van der Waals surface area contributed by atoms with E-state index in [2.05, 4.69) is 20.4 Å². The van der Waals surface area contributed by atoms with Gasteiger partial charge in [-0.3, -0.25) is 9.48 Å². The number of carbonyl (C=O) groups is 2. The van der Waals surface area contributed by atoms with Gasteiger partial charge in [-0.1, -0.05) is 0 Å². The van der Waals surface area contributed by atoms with Gasteiger partial charge in [0.1, 0.15) is 0 Å². The molecule has 3 aliphatic heterocycles. The molecule has 36 heavy (non-hydrogen) atoms. The highest BCUT2D eigenvalue weighted by Gasteiger charge is 2.53. The van der Waals surface area contributed by atoms with E-state index in [9.17, 15) is 22.8 Å². The standard InChI is InChI=1S/C23H21F3N8O2/c24-15-6-14(7-16(25)20(15)26)30-22(36)31-4-5-34-18(10-31)17(9-29-34)33-13-23(8-19(33)35)11-32(12-23)21-27-2-1-3-28-21/h1-3,6-7,9H,4-5,8,10-13H2,(H,30,36). The molecule has 3 aromatic rings. The molecule has 0 unspecified atom stereocenters. The number of hydrogen-bond donors (Lipinski definition) is 1. The van der Waals surface area contributed by atoms with E-state index in [1.807, 2.05) is 4.90 Å². The topological polar surface area (TPSA) is 99.5 Å². The summed E-state index contributed by atoms with van der Waals surface area (Å²) in [6.45, 7) is 2.70. The molecule has 1 N–H and O–H groups in total. The fraction of sp³-hybridized carbons (Fsp3) is 0.348. The third-order valence-electron chi connectivity index (χ3n) is 6.87. The van der Waals surface area contributed by atoms with E-state index >= 15 is 0 Å². The Labute approximate surface area is 203 Å². The lowest BCUT2D eigenvalue weighted by Crippen LogP contribution is -2.58. The van der Waals surface area contributed by atoms with E-state index in [0.29, 0.717) is 56.5 Å². The van der Waals surface area contributed by atoms with Crippen LogP contribution in [0.25, 0.3) is 0 Å². The number of nitrogens with zero attached hydrogens (tertiary/aromatic N) is 7. The van der Waals surface area contributed by atoms with Crippen LogP contribution >= 0.6 is 0 Å². The summed E-state index contributed by atoms with van der Waals surface area (Å²) in [4.78, 5) is 39.5. The highest BCUT2D eigenvalue weighted by Crippen LogP contribution is 2.43. The Morgan fingerprint density at radius 3 is 2.47 bits per heavy atom. The normalized spacial score (nSPS) is 18.4. The number of urea groups is 1. The predicted molar refractivity (Wildman–Crippen MR) is 122 cm³/mol. The number of amides is 3. The van der Waals surface area contributed by atoms with E-state index in [4.69, 9.17) is 0 Å². The van der Waals surface area contributed by atoms with Crippen molar-refractivity contribution in [1.29, 1.82) is 0 Å². The second-order valence-electron chi connectivity index (χ2n) is 9.37. The van der Waals surface area contributed by atoms with E-state index in [1.54, 1.807) is 34.2 Å². The molecule has 2 fully saturated rings. The first-order valence-electron chi connectivity index (χ1n) is 11.4. The number of benzene rings is 1. The molecular weight excluding hydrogens is 477 g/mol. The molecule has 3 amide bonds. The molecule has 1 spiro atoms. The Hall–Kier alpha value is -4.16. The van der Waals surface area contributed by atoms with E-state index in [1.165, 1.54) is 4.90 Å². The lowest BCUT2D eigenvalue weighted by molar-refractivity contribution is -0.117. The van der Waals surface area contributed by atoms with Crippen molar-refractivity contribution in [1.82, 2.24) is 24.6 Å². The number of aromatic nitrogens is 4. The van der Waals surface area contributed by atoms with Crippen molar-refractivity contribution in [2.24, 2.45) is 5.41 Å². The minimum atomic E-state index is -1.60. The van der Waals surface area contributed by atoms with Crippen molar-refractivity contribution in [2.45, 2.75) is 19.5 Å². The zero-order valence-corrected chi connectivity index (χ0v) is 19.0. The van der Waals surface area contributed by atoms with Gasteiger partial charge >= 0.3 is 6.03 Å². The van der Waals surface area contributed by atoms with Crippen molar-refractivity contribution in [2.75, 3.05) is 41.3 Å². The van der Waals surface area contributed by atoms with Crippen molar-refractivity contribution in [3.05, 3.63) is 59.9 Å². The number of carbonyl (C=O) groups excluding carboxylic acids is 2. The minimum absolute atomic E-state index is 0.0155. The first kappa shape index (κ1) is 22.3. The molecule has 0 bridgehead atoms. The van der Waals surface area contributed by atoms with E-state index in [0.717, 1.165) is 12.1 Å². The molecule has 6 rings (SSSR count). The highest BCUT2D eigenvalue weighted by molar-refractivity contribution is 5.97. The number of fused-ring (bicyclic) bond motifs is 1. The highest BCUT2D eigenvalue weighted by atomic mass is 19.2. The average Bonchev–Trinajstić information content (AvgIpc) is 3.42. The van der Waals surface area contributed by atoms with Crippen LogP contribution in [0.5, 0.6) is 0 Å². The number of rotatable bonds is 3. The van der Waals surface area contributed by atoms with E-state index in [-0.39, 0.29) is 23.6 Å². The summed E-state index contributed by atoms with van der Waals surface area (Å²) >= 11 is 0. The number of halogens is 3. The molecule has 5 heterocycles. The first-order valence-corrected chi connectivity index (χ1v) is 11.4. The van der Waals surface area contributed by atoms with Crippen molar-refractivity contribution in [3.8, 4) is 0 Å². The van der Waals surface area contributed by atoms with Crippen LogP contribution in [0, 0.1) is 22.9 Å². The predicted octanol–water partition coefficient (Wildman–Crippen LogP) is 2.38. The molecule has 1 aromatic carbocycles. The smallest absolute Gasteiger partial charge is 0.322 e.